The van der Waals surface area contributed by atoms with Crippen LogP contribution in [0.1, 0.15) is 19.5 Å². The lowest BCUT2D eigenvalue weighted by Crippen LogP contribution is -2.32. The van der Waals surface area contributed by atoms with Crippen LogP contribution in [0.2, 0.25) is 0 Å². The maximum absolute atomic E-state index is 4.87. The summed E-state index contributed by atoms with van der Waals surface area (Å²) in [7, 11) is -1.92. The summed E-state index contributed by atoms with van der Waals surface area (Å²) in [6.45, 7) is 3.94. The van der Waals surface area contributed by atoms with E-state index in [-0.39, 0.29) is 0 Å². The van der Waals surface area contributed by atoms with E-state index in [0.29, 0.717) is 0 Å². The summed E-state index contributed by atoms with van der Waals surface area (Å²) < 4.78 is 0. The van der Waals surface area contributed by atoms with E-state index in [9.17, 15) is 0 Å². The fourth-order valence-corrected chi connectivity index (χ4v) is 8.51. The summed E-state index contributed by atoms with van der Waals surface area (Å²) in [5.74, 6) is 0. The van der Waals surface area contributed by atoms with Gasteiger partial charge in [-0.15, -0.1) is 11.3 Å². The SMILES string of the molecule is CC(C)=NNc1nc(C[P+](c2ccccc2)(c2ccccc2)c2ccccc2)cs1. The van der Waals surface area contributed by atoms with Crippen molar-refractivity contribution in [3.05, 3.63) is 102 Å². The standard InChI is InChI=1S/C25H25N3PS/c1-20(2)27-28-25-26-21(19-30-25)18-29(22-12-6-3-7-13-22,23-14-8-4-9-15-23)24-16-10-5-11-17-24/h3-17,19H,18H2,1-2H3,(H,26,28)/q+1. The van der Waals surface area contributed by atoms with Crippen LogP contribution in [0.15, 0.2) is 101 Å². The molecule has 0 aliphatic rings. The minimum absolute atomic E-state index is 0.832. The van der Waals surface area contributed by atoms with Gasteiger partial charge in [-0.2, -0.15) is 5.10 Å². The van der Waals surface area contributed by atoms with Crippen molar-refractivity contribution in [2.75, 3.05) is 5.43 Å². The molecule has 0 fully saturated rings. The van der Waals surface area contributed by atoms with Crippen molar-refractivity contribution in [1.82, 2.24) is 4.98 Å². The van der Waals surface area contributed by atoms with Crippen LogP contribution in [0.4, 0.5) is 5.13 Å². The molecule has 1 aromatic heterocycles. The molecule has 3 nitrogen and oxygen atoms in total. The van der Waals surface area contributed by atoms with E-state index in [1.807, 2.05) is 13.8 Å². The summed E-state index contributed by atoms with van der Waals surface area (Å²) in [4.78, 5) is 4.87. The molecule has 4 rings (SSSR count). The van der Waals surface area contributed by atoms with Gasteiger partial charge in [-0.25, -0.2) is 4.98 Å². The number of hydrazone groups is 1. The van der Waals surface area contributed by atoms with Gasteiger partial charge in [-0.3, -0.25) is 5.43 Å². The molecular formula is C25H25N3PS+. The molecule has 0 amide bonds. The molecule has 0 unspecified atom stereocenters. The van der Waals surface area contributed by atoms with Gasteiger partial charge in [0.2, 0.25) is 5.13 Å². The summed E-state index contributed by atoms with van der Waals surface area (Å²) in [6, 6.07) is 32.7. The Balaban J connectivity index is 1.86. The third-order valence-electron chi connectivity index (χ3n) is 4.92. The van der Waals surface area contributed by atoms with Gasteiger partial charge in [0.05, 0.1) is 5.69 Å². The fraction of sp³-hybridized carbons (Fsp3) is 0.120. The highest BCUT2D eigenvalue weighted by molar-refractivity contribution is 7.95. The van der Waals surface area contributed by atoms with Crippen LogP contribution in [0.25, 0.3) is 0 Å². The Morgan fingerprint density at radius 2 is 1.27 bits per heavy atom. The lowest BCUT2D eigenvalue weighted by Gasteiger charge is -2.27. The van der Waals surface area contributed by atoms with Gasteiger partial charge in [-0.1, -0.05) is 54.6 Å². The zero-order chi connectivity index (χ0) is 20.8. The summed E-state index contributed by atoms with van der Waals surface area (Å²) in [5, 5.41) is 11.4. The Hall–Kier alpha value is -2.81. The topological polar surface area (TPSA) is 37.3 Å². The number of rotatable bonds is 7. The van der Waals surface area contributed by atoms with Gasteiger partial charge in [0.1, 0.15) is 29.3 Å². The van der Waals surface area contributed by atoms with Gasteiger partial charge in [-0.05, 0) is 50.2 Å². The van der Waals surface area contributed by atoms with Gasteiger partial charge in [0.15, 0.2) is 0 Å². The van der Waals surface area contributed by atoms with Crippen LogP contribution in [-0.2, 0) is 6.16 Å². The van der Waals surface area contributed by atoms with E-state index in [4.69, 9.17) is 4.98 Å². The maximum atomic E-state index is 4.87. The van der Waals surface area contributed by atoms with Gasteiger partial charge in [0.25, 0.3) is 0 Å². The highest BCUT2D eigenvalue weighted by Crippen LogP contribution is 2.58. The third-order valence-corrected chi connectivity index (χ3v) is 10.1. The van der Waals surface area contributed by atoms with E-state index in [1.165, 1.54) is 15.9 Å². The highest BCUT2D eigenvalue weighted by Gasteiger charge is 2.45. The molecule has 5 heteroatoms. The quantitative estimate of drug-likeness (QED) is 0.241. The number of nitrogens with zero attached hydrogens (tertiary/aromatic N) is 2. The Morgan fingerprint density at radius 1 is 0.800 bits per heavy atom. The maximum Gasteiger partial charge on any atom is 0.203 e. The molecule has 1 heterocycles. The lowest BCUT2D eigenvalue weighted by atomic mass is 10.4. The summed E-state index contributed by atoms with van der Waals surface area (Å²) in [5.41, 5.74) is 5.15. The van der Waals surface area contributed by atoms with Crippen molar-refractivity contribution in [1.29, 1.82) is 0 Å². The van der Waals surface area contributed by atoms with Crippen LogP contribution in [0.3, 0.4) is 0 Å². The second-order valence-electron chi connectivity index (χ2n) is 7.29. The zero-order valence-electron chi connectivity index (χ0n) is 17.2. The van der Waals surface area contributed by atoms with Crippen molar-refractivity contribution >= 4 is 45.4 Å². The van der Waals surface area contributed by atoms with E-state index in [2.05, 4.69) is 107 Å². The van der Waals surface area contributed by atoms with E-state index >= 15 is 0 Å². The number of nitrogens with one attached hydrogen (secondary N) is 1. The monoisotopic (exact) mass is 430 g/mol. The minimum atomic E-state index is -1.92. The number of hydrogen-bond acceptors (Lipinski definition) is 4. The summed E-state index contributed by atoms with van der Waals surface area (Å²) in [6.07, 6.45) is 0.873. The zero-order valence-corrected chi connectivity index (χ0v) is 18.9. The van der Waals surface area contributed by atoms with Crippen LogP contribution >= 0.6 is 18.6 Å². The average Bonchev–Trinajstić information content (AvgIpc) is 3.25. The number of anilines is 1. The number of aromatic nitrogens is 1. The van der Waals surface area contributed by atoms with Gasteiger partial charge < -0.3 is 0 Å². The highest BCUT2D eigenvalue weighted by atomic mass is 32.1. The molecule has 0 spiro atoms. The molecule has 150 valence electrons. The molecule has 30 heavy (non-hydrogen) atoms. The van der Waals surface area contributed by atoms with Crippen LogP contribution < -0.4 is 21.3 Å². The molecular weight excluding hydrogens is 405 g/mol. The fourth-order valence-electron chi connectivity index (χ4n) is 3.60. The van der Waals surface area contributed by atoms with Crippen molar-refractivity contribution in [2.24, 2.45) is 5.10 Å². The largest absolute Gasteiger partial charge is 0.253 e. The van der Waals surface area contributed by atoms with Crippen molar-refractivity contribution in [2.45, 2.75) is 20.0 Å². The summed E-state index contributed by atoms with van der Waals surface area (Å²) >= 11 is 1.61. The first-order valence-corrected chi connectivity index (χ1v) is 12.8. The molecule has 0 aliphatic heterocycles. The van der Waals surface area contributed by atoms with E-state index < -0.39 is 7.26 Å². The van der Waals surface area contributed by atoms with Gasteiger partial charge in [0, 0.05) is 11.1 Å². The smallest absolute Gasteiger partial charge is 0.203 e. The molecule has 4 aromatic rings. The molecule has 0 saturated heterocycles. The second kappa shape index (κ2) is 9.34. The van der Waals surface area contributed by atoms with Crippen molar-refractivity contribution < 1.29 is 0 Å². The minimum Gasteiger partial charge on any atom is -0.253 e. The second-order valence-corrected chi connectivity index (χ2v) is 11.6. The Morgan fingerprint density at radius 3 is 1.70 bits per heavy atom. The predicted octanol–water partition coefficient (Wildman–Crippen LogP) is 5.44. The van der Waals surface area contributed by atoms with E-state index in [1.54, 1.807) is 11.3 Å². The average molecular weight is 431 g/mol. The molecule has 0 atom stereocenters. The predicted molar refractivity (Wildman–Crippen MR) is 133 cm³/mol. The first kappa shape index (κ1) is 20.5. The Bertz CT molecular complexity index is 1010. The molecule has 0 saturated carbocycles. The van der Waals surface area contributed by atoms with Crippen LogP contribution in [0.5, 0.6) is 0 Å². The number of hydrogen-bond donors (Lipinski definition) is 1. The lowest BCUT2D eigenvalue weighted by molar-refractivity contribution is 1.19. The van der Waals surface area contributed by atoms with Gasteiger partial charge >= 0.3 is 0 Å². The van der Waals surface area contributed by atoms with Crippen LogP contribution in [-0.4, -0.2) is 10.7 Å². The molecule has 0 radical (unpaired) electrons. The molecule has 0 bridgehead atoms. The Kier molecular flexibility index (Phi) is 6.37. The number of thiazole rings is 1. The first-order valence-electron chi connectivity index (χ1n) is 9.95. The molecule has 3 aromatic carbocycles. The number of benzene rings is 3. The Labute approximate surface area is 182 Å². The molecule has 1 N–H and O–H groups in total. The normalized spacial score (nSPS) is 11.1. The van der Waals surface area contributed by atoms with Crippen LogP contribution in [0, 0.1) is 0 Å². The van der Waals surface area contributed by atoms with E-state index in [0.717, 1.165) is 22.7 Å². The first-order chi connectivity index (χ1) is 14.7. The third kappa shape index (κ3) is 4.35. The molecule has 0 aliphatic carbocycles. The van der Waals surface area contributed by atoms with Crippen molar-refractivity contribution in [3.8, 4) is 0 Å². The van der Waals surface area contributed by atoms with Crippen molar-refractivity contribution in [3.63, 3.8) is 0 Å².